The fraction of sp³-hybridized carbons (Fsp3) is 0.107. The largest absolute Gasteiger partial charge is 0.310 e. The molecular formula is C56H43N. The van der Waals surface area contributed by atoms with Crippen LogP contribution < -0.4 is 4.90 Å². The summed E-state index contributed by atoms with van der Waals surface area (Å²) in [5.74, 6) is 0. The predicted octanol–water partition coefficient (Wildman–Crippen LogP) is 15.4. The van der Waals surface area contributed by atoms with Gasteiger partial charge in [0.1, 0.15) is 0 Å². The Morgan fingerprint density at radius 1 is 0.333 bits per heavy atom. The Bertz CT molecular complexity index is 3050. The molecule has 0 bridgehead atoms. The Balaban J connectivity index is 1.13. The van der Waals surface area contributed by atoms with Crippen LogP contribution in [-0.4, -0.2) is 0 Å². The average molecular weight is 730 g/mol. The molecule has 0 unspecified atom stereocenters. The Kier molecular flexibility index (Phi) is 7.32. The van der Waals surface area contributed by atoms with Crippen LogP contribution in [0, 0.1) is 0 Å². The Labute approximate surface area is 335 Å². The number of fused-ring (bicyclic) bond motifs is 6. The summed E-state index contributed by atoms with van der Waals surface area (Å²) in [6.07, 6.45) is 0. The quantitative estimate of drug-likeness (QED) is 0.170. The summed E-state index contributed by atoms with van der Waals surface area (Å²) < 4.78 is 0. The zero-order valence-electron chi connectivity index (χ0n) is 32.8. The van der Waals surface area contributed by atoms with Gasteiger partial charge in [0.25, 0.3) is 0 Å². The molecule has 2 aliphatic carbocycles. The molecule has 0 N–H and O–H groups in total. The predicted molar refractivity (Wildman–Crippen MR) is 242 cm³/mol. The number of nitrogens with zero attached hydrogens (tertiary/aromatic N) is 1. The molecule has 0 spiro atoms. The number of rotatable bonds is 5. The second-order valence-electron chi connectivity index (χ2n) is 16.9. The number of benzene rings is 9. The average Bonchev–Trinajstić information content (AvgIpc) is 3.48. The van der Waals surface area contributed by atoms with E-state index < -0.39 is 0 Å². The van der Waals surface area contributed by atoms with Crippen molar-refractivity contribution in [1.82, 2.24) is 0 Å². The molecule has 9 aromatic carbocycles. The van der Waals surface area contributed by atoms with Gasteiger partial charge in [0, 0.05) is 27.9 Å². The van der Waals surface area contributed by atoms with E-state index in [9.17, 15) is 0 Å². The van der Waals surface area contributed by atoms with Crippen molar-refractivity contribution in [2.24, 2.45) is 0 Å². The minimum Gasteiger partial charge on any atom is -0.310 e. The van der Waals surface area contributed by atoms with Gasteiger partial charge in [0.2, 0.25) is 0 Å². The molecule has 11 rings (SSSR count). The van der Waals surface area contributed by atoms with Crippen molar-refractivity contribution in [3.05, 3.63) is 210 Å². The second kappa shape index (κ2) is 12.4. The Morgan fingerprint density at radius 2 is 0.860 bits per heavy atom. The molecule has 0 radical (unpaired) electrons. The molecule has 0 amide bonds. The van der Waals surface area contributed by atoms with Gasteiger partial charge in [-0.25, -0.2) is 0 Å². The summed E-state index contributed by atoms with van der Waals surface area (Å²) in [6, 6.07) is 70.1. The molecule has 272 valence electrons. The van der Waals surface area contributed by atoms with E-state index in [2.05, 4.69) is 221 Å². The van der Waals surface area contributed by atoms with Crippen LogP contribution >= 0.6 is 0 Å². The van der Waals surface area contributed by atoms with Crippen LogP contribution in [0.3, 0.4) is 0 Å². The van der Waals surface area contributed by atoms with Gasteiger partial charge in [-0.3, -0.25) is 0 Å². The summed E-state index contributed by atoms with van der Waals surface area (Å²) in [6.45, 7) is 9.55. The summed E-state index contributed by atoms with van der Waals surface area (Å²) >= 11 is 0. The SMILES string of the molecule is CC1(C)c2ccccc2-c2ccc(N(c3ccc(-c4ccccc4)cc3)c3ccc4c(c3)C(C)(C)c3cccc5ccc(-c6cccc7ccccc67)c-4c35)cc21. The van der Waals surface area contributed by atoms with Gasteiger partial charge in [0.15, 0.2) is 0 Å². The standard InChI is InChI=1S/C56H43N/c1-55(2)49-22-11-10-20-45(49)46-32-29-41(34-51(46)55)57(40-27-24-37(25-28-40)36-14-6-5-7-15-36)42-30-33-48-52(35-42)56(3,4)50-23-13-18-39-26-31-47(54(48)53(39)50)44-21-12-17-38-16-8-9-19-43(38)44/h5-35H,1-4H3. The molecule has 0 aliphatic heterocycles. The molecule has 57 heavy (non-hydrogen) atoms. The van der Waals surface area contributed by atoms with E-state index in [1.165, 1.54) is 88.3 Å². The maximum absolute atomic E-state index is 2.48. The highest BCUT2D eigenvalue weighted by Crippen LogP contribution is 2.55. The van der Waals surface area contributed by atoms with Gasteiger partial charge >= 0.3 is 0 Å². The third-order valence-corrected chi connectivity index (χ3v) is 13.1. The highest BCUT2D eigenvalue weighted by atomic mass is 15.1. The van der Waals surface area contributed by atoms with Gasteiger partial charge in [-0.2, -0.15) is 0 Å². The first-order valence-electron chi connectivity index (χ1n) is 20.2. The van der Waals surface area contributed by atoms with Crippen LogP contribution in [0.1, 0.15) is 49.9 Å². The van der Waals surface area contributed by atoms with Gasteiger partial charge in [-0.15, -0.1) is 0 Å². The fourth-order valence-electron chi connectivity index (χ4n) is 10.1. The smallest absolute Gasteiger partial charge is 0.0465 e. The van der Waals surface area contributed by atoms with Gasteiger partial charge in [-0.1, -0.05) is 179 Å². The van der Waals surface area contributed by atoms with Crippen molar-refractivity contribution in [1.29, 1.82) is 0 Å². The molecule has 0 saturated carbocycles. The van der Waals surface area contributed by atoms with E-state index in [0.717, 1.165) is 17.1 Å². The Hall–Kier alpha value is -6.70. The normalized spacial score (nSPS) is 14.2. The van der Waals surface area contributed by atoms with E-state index in [4.69, 9.17) is 0 Å². The van der Waals surface area contributed by atoms with Crippen molar-refractivity contribution >= 4 is 38.6 Å². The summed E-state index contributed by atoms with van der Waals surface area (Å²) in [4.78, 5) is 2.47. The van der Waals surface area contributed by atoms with E-state index in [-0.39, 0.29) is 10.8 Å². The maximum Gasteiger partial charge on any atom is 0.0465 e. The van der Waals surface area contributed by atoms with E-state index in [1.54, 1.807) is 0 Å². The number of hydrogen-bond acceptors (Lipinski definition) is 1. The lowest BCUT2D eigenvalue weighted by Gasteiger charge is -2.37. The van der Waals surface area contributed by atoms with Gasteiger partial charge in [0.05, 0.1) is 0 Å². The van der Waals surface area contributed by atoms with Crippen molar-refractivity contribution < 1.29 is 0 Å². The van der Waals surface area contributed by atoms with Crippen LogP contribution in [0.2, 0.25) is 0 Å². The highest BCUT2D eigenvalue weighted by Gasteiger charge is 2.37. The van der Waals surface area contributed by atoms with Crippen LogP contribution in [-0.2, 0) is 10.8 Å². The van der Waals surface area contributed by atoms with E-state index >= 15 is 0 Å². The monoisotopic (exact) mass is 729 g/mol. The van der Waals surface area contributed by atoms with E-state index in [1.807, 2.05) is 0 Å². The highest BCUT2D eigenvalue weighted by molar-refractivity contribution is 6.12. The minimum atomic E-state index is -0.236. The van der Waals surface area contributed by atoms with Gasteiger partial charge < -0.3 is 4.90 Å². The lowest BCUT2D eigenvalue weighted by Crippen LogP contribution is -2.24. The summed E-state index contributed by atoms with van der Waals surface area (Å²) in [5.41, 5.74) is 18.9. The number of anilines is 3. The lowest BCUT2D eigenvalue weighted by molar-refractivity contribution is 0.645. The molecule has 9 aromatic rings. The third kappa shape index (κ3) is 5.02. The topological polar surface area (TPSA) is 3.24 Å². The van der Waals surface area contributed by atoms with Crippen molar-refractivity contribution in [3.8, 4) is 44.5 Å². The molecule has 0 heterocycles. The molecule has 0 saturated heterocycles. The third-order valence-electron chi connectivity index (χ3n) is 13.1. The minimum absolute atomic E-state index is 0.108. The lowest BCUT2D eigenvalue weighted by atomic mass is 9.67. The summed E-state index contributed by atoms with van der Waals surface area (Å²) in [7, 11) is 0. The summed E-state index contributed by atoms with van der Waals surface area (Å²) in [5, 5.41) is 5.19. The van der Waals surface area contributed by atoms with Crippen molar-refractivity contribution in [2.45, 2.75) is 38.5 Å². The van der Waals surface area contributed by atoms with E-state index in [0.29, 0.717) is 0 Å². The fourth-order valence-corrected chi connectivity index (χ4v) is 10.1. The molecule has 1 nitrogen and oxygen atoms in total. The van der Waals surface area contributed by atoms with Crippen molar-refractivity contribution in [2.75, 3.05) is 4.90 Å². The Morgan fingerprint density at radius 3 is 1.67 bits per heavy atom. The maximum atomic E-state index is 2.48. The molecule has 1 heteroatoms. The molecular weight excluding hydrogens is 687 g/mol. The molecule has 0 fully saturated rings. The van der Waals surface area contributed by atoms with Crippen molar-refractivity contribution in [3.63, 3.8) is 0 Å². The van der Waals surface area contributed by atoms with Crippen LogP contribution in [0.25, 0.3) is 66.1 Å². The zero-order chi connectivity index (χ0) is 38.5. The zero-order valence-corrected chi connectivity index (χ0v) is 32.8. The first kappa shape index (κ1) is 33.6. The second-order valence-corrected chi connectivity index (χ2v) is 16.9. The van der Waals surface area contributed by atoms with Gasteiger partial charge in [-0.05, 0) is 125 Å². The van der Waals surface area contributed by atoms with Crippen LogP contribution in [0.15, 0.2) is 188 Å². The first-order chi connectivity index (χ1) is 27.8. The number of hydrogen-bond donors (Lipinski definition) is 0. The van der Waals surface area contributed by atoms with Crippen LogP contribution in [0.5, 0.6) is 0 Å². The molecule has 2 aliphatic rings. The first-order valence-corrected chi connectivity index (χ1v) is 20.2. The molecule has 0 atom stereocenters. The molecule has 0 aromatic heterocycles. The van der Waals surface area contributed by atoms with Crippen LogP contribution in [0.4, 0.5) is 17.1 Å².